The maximum absolute atomic E-state index is 14.0. The first-order chi connectivity index (χ1) is 15.0. The molecule has 31 heavy (non-hydrogen) atoms. The van der Waals surface area contributed by atoms with Crippen LogP contribution in [0.4, 0.5) is 17.6 Å². The molecular weight excluding hydrogens is 428 g/mol. The van der Waals surface area contributed by atoms with Gasteiger partial charge in [0.25, 0.3) is 0 Å². The number of benzene rings is 4. The Kier molecular flexibility index (Phi) is 5.86. The Balaban J connectivity index is 1.69. The molecule has 156 valence electrons. The maximum atomic E-state index is 14.0. The highest BCUT2D eigenvalue weighted by Crippen LogP contribution is 2.37. The number of phenols is 1. The lowest BCUT2D eigenvalue weighted by molar-refractivity contribution is 0.324. The van der Waals surface area contributed by atoms with Crippen molar-refractivity contribution in [3.8, 4) is 17.2 Å². The number of hydrogen-bond donors (Lipinski definition) is 1. The van der Waals surface area contributed by atoms with Crippen molar-refractivity contribution in [3.05, 3.63) is 108 Å². The molecule has 0 saturated heterocycles. The van der Waals surface area contributed by atoms with Gasteiger partial charge in [-0.1, -0.05) is 36.4 Å². The molecule has 0 aliphatic carbocycles. The van der Waals surface area contributed by atoms with Gasteiger partial charge >= 0.3 is 0 Å². The van der Waals surface area contributed by atoms with Gasteiger partial charge in [0.05, 0.1) is 10.9 Å². The molecule has 0 fully saturated rings. The second-order valence-electron chi connectivity index (χ2n) is 6.44. The number of hydrogen-bond acceptors (Lipinski definition) is 2. The zero-order chi connectivity index (χ0) is 22.0. The fourth-order valence-corrected chi connectivity index (χ4v) is 5.06. The summed E-state index contributed by atoms with van der Waals surface area (Å²) in [5.74, 6) is -10.5. The molecule has 0 atom stereocenters. The van der Waals surface area contributed by atoms with Crippen molar-refractivity contribution in [1.29, 1.82) is 0 Å². The summed E-state index contributed by atoms with van der Waals surface area (Å²) in [4.78, 5) is 3.05. The molecule has 4 rings (SSSR count). The van der Waals surface area contributed by atoms with Crippen molar-refractivity contribution < 1.29 is 27.4 Å². The van der Waals surface area contributed by atoms with Crippen LogP contribution in [0.2, 0.25) is 0 Å². The summed E-state index contributed by atoms with van der Waals surface area (Å²) in [7, 11) is -0.445. The molecule has 2 nitrogen and oxygen atoms in total. The van der Waals surface area contributed by atoms with E-state index in [9.17, 15) is 17.6 Å². The van der Waals surface area contributed by atoms with Crippen molar-refractivity contribution >= 4 is 10.9 Å². The minimum Gasteiger partial charge on any atom is -0.503 e. The summed E-state index contributed by atoms with van der Waals surface area (Å²) in [6.45, 7) is 0. The molecule has 0 heterocycles. The van der Waals surface area contributed by atoms with E-state index < -0.39 is 45.7 Å². The molecule has 0 bridgehead atoms. The Bertz CT molecular complexity index is 1130. The number of rotatable bonds is 5. The van der Waals surface area contributed by atoms with E-state index in [2.05, 4.69) is 0 Å². The average Bonchev–Trinajstić information content (AvgIpc) is 2.82. The van der Waals surface area contributed by atoms with Gasteiger partial charge in [-0.25, -0.2) is 0 Å². The first-order valence-corrected chi connectivity index (χ1v) is 10.4. The number of aromatic hydroxyl groups is 1. The van der Waals surface area contributed by atoms with Gasteiger partial charge in [-0.05, 0) is 48.5 Å². The quantitative estimate of drug-likeness (QED) is 0.208. The third-order valence-corrected chi connectivity index (χ3v) is 6.67. The topological polar surface area (TPSA) is 29.5 Å². The normalized spacial score (nSPS) is 11.0. The standard InChI is InChI=1S/C24H14F4O2S/c25-19-21(27)24(22(28)20(26)23(19)29)30-15-11-13-18(14-12-15)31(16-7-3-1-4-8-16)17-9-5-2-6-10-17/h1-14H/p+1. The first kappa shape index (κ1) is 20.8. The zero-order valence-electron chi connectivity index (χ0n) is 15.9. The number of halogens is 4. The van der Waals surface area contributed by atoms with E-state index in [1.807, 2.05) is 60.7 Å². The Morgan fingerprint density at radius 1 is 0.548 bits per heavy atom. The smallest absolute Gasteiger partial charge is 0.208 e. The monoisotopic (exact) mass is 443 g/mol. The second kappa shape index (κ2) is 8.73. The highest BCUT2D eigenvalue weighted by Gasteiger charge is 2.29. The summed E-state index contributed by atoms with van der Waals surface area (Å²) in [6.07, 6.45) is 0. The molecule has 0 amide bonds. The van der Waals surface area contributed by atoms with Crippen LogP contribution < -0.4 is 4.74 Å². The maximum Gasteiger partial charge on any atom is 0.208 e. The summed E-state index contributed by atoms with van der Waals surface area (Å²) in [5.41, 5.74) is 0. The molecule has 0 saturated carbocycles. The van der Waals surface area contributed by atoms with E-state index in [0.717, 1.165) is 14.7 Å². The Labute approximate surface area is 178 Å². The van der Waals surface area contributed by atoms with E-state index in [-0.39, 0.29) is 5.75 Å². The average molecular weight is 443 g/mol. The van der Waals surface area contributed by atoms with Gasteiger partial charge in [0, 0.05) is 0 Å². The number of ether oxygens (including phenoxy) is 1. The summed E-state index contributed by atoms with van der Waals surface area (Å²) in [6, 6.07) is 26.0. The summed E-state index contributed by atoms with van der Waals surface area (Å²) >= 11 is 0. The molecule has 7 heteroatoms. The lowest BCUT2D eigenvalue weighted by atomic mass is 10.2. The predicted octanol–water partition coefficient (Wildman–Crippen LogP) is 6.84. The van der Waals surface area contributed by atoms with E-state index in [1.165, 1.54) is 12.1 Å². The SMILES string of the molecule is Oc1c(F)c(F)c(Oc2ccc([S+](c3ccccc3)c3ccccc3)cc2)c(F)c1F. The van der Waals surface area contributed by atoms with Gasteiger partial charge in [0.2, 0.25) is 29.0 Å². The van der Waals surface area contributed by atoms with Crippen LogP contribution in [0, 0.1) is 23.3 Å². The molecule has 0 spiro atoms. The predicted molar refractivity (Wildman–Crippen MR) is 110 cm³/mol. The van der Waals surface area contributed by atoms with E-state index in [1.54, 1.807) is 12.1 Å². The molecule has 0 aromatic heterocycles. The molecule has 0 radical (unpaired) electrons. The van der Waals surface area contributed by atoms with Crippen LogP contribution in [-0.4, -0.2) is 5.11 Å². The van der Waals surface area contributed by atoms with Crippen molar-refractivity contribution in [2.24, 2.45) is 0 Å². The van der Waals surface area contributed by atoms with Crippen LogP contribution in [0.25, 0.3) is 0 Å². The van der Waals surface area contributed by atoms with E-state index in [0.29, 0.717) is 0 Å². The van der Waals surface area contributed by atoms with Gasteiger partial charge in [-0.3, -0.25) is 0 Å². The third kappa shape index (κ3) is 4.09. The van der Waals surface area contributed by atoms with Crippen LogP contribution in [0.3, 0.4) is 0 Å². The van der Waals surface area contributed by atoms with Crippen molar-refractivity contribution in [1.82, 2.24) is 0 Å². The number of phenolic OH excluding ortho intramolecular Hbond substituents is 1. The molecule has 4 aromatic rings. The largest absolute Gasteiger partial charge is 0.503 e. The highest BCUT2D eigenvalue weighted by atomic mass is 32.2. The molecular formula is C24H15F4O2S+. The molecule has 1 N–H and O–H groups in total. The zero-order valence-corrected chi connectivity index (χ0v) is 16.7. The lowest BCUT2D eigenvalue weighted by Crippen LogP contribution is -2.04. The van der Waals surface area contributed by atoms with E-state index in [4.69, 9.17) is 9.84 Å². The third-order valence-electron chi connectivity index (χ3n) is 4.44. The van der Waals surface area contributed by atoms with Gasteiger partial charge in [-0.2, -0.15) is 17.6 Å². The van der Waals surface area contributed by atoms with Gasteiger partial charge in [-0.15, -0.1) is 0 Å². The molecule has 0 aliphatic heterocycles. The van der Waals surface area contributed by atoms with Crippen LogP contribution in [0.5, 0.6) is 17.2 Å². The van der Waals surface area contributed by atoms with Crippen LogP contribution in [-0.2, 0) is 10.9 Å². The minimum atomic E-state index is -1.92. The molecule has 0 aliphatic rings. The van der Waals surface area contributed by atoms with Crippen molar-refractivity contribution in [2.45, 2.75) is 14.7 Å². The van der Waals surface area contributed by atoms with Crippen molar-refractivity contribution in [2.75, 3.05) is 0 Å². The van der Waals surface area contributed by atoms with Crippen molar-refractivity contribution in [3.63, 3.8) is 0 Å². The highest BCUT2D eigenvalue weighted by molar-refractivity contribution is 7.97. The van der Waals surface area contributed by atoms with Crippen LogP contribution >= 0.6 is 0 Å². The summed E-state index contributed by atoms with van der Waals surface area (Å²) in [5, 5.41) is 9.09. The van der Waals surface area contributed by atoms with Gasteiger partial charge < -0.3 is 9.84 Å². The Morgan fingerprint density at radius 2 is 0.968 bits per heavy atom. The minimum absolute atomic E-state index is 0.0179. The van der Waals surface area contributed by atoms with Gasteiger partial charge in [0.1, 0.15) is 5.75 Å². The first-order valence-electron chi connectivity index (χ1n) is 9.14. The van der Waals surface area contributed by atoms with Gasteiger partial charge in [0.15, 0.2) is 20.4 Å². The molecule has 4 aromatic carbocycles. The van der Waals surface area contributed by atoms with Crippen LogP contribution in [0.1, 0.15) is 0 Å². The van der Waals surface area contributed by atoms with E-state index >= 15 is 0 Å². The Morgan fingerprint density at radius 3 is 1.42 bits per heavy atom. The fourth-order valence-electron chi connectivity index (χ4n) is 2.97. The fraction of sp³-hybridized carbons (Fsp3) is 0. The molecule has 0 unspecified atom stereocenters. The second-order valence-corrected chi connectivity index (χ2v) is 8.47. The summed E-state index contributed by atoms with van der Waals surface area (Å²) < 4.78 is 60.2. The lowest BCUT2D eigenvalue weighted by Gasteiger charge is -2.11. The van der Waals surface area contributed by atoms with Crippen LogP contribution in [0.15, 0.2) is 99.6 Å². The Hall–Kier alpha value is -3.45.